The van der Waals surface area contributed by atoms with Crippen LogP contribution < -0.4 is 5.32 Å². The van der Waals surface area contributed by atoms with E-state index in [0.717, 1.165) is 0 Å². The molecule has 0 radical (unpaired) electrons. The standard InChI is InChI=1S/C18H19N3/c1-13(21-18-17(12-19)7-4-10-20-18)15-9-8-14-5-2-3-6-16(14)11-15/h4,7-11,13H,2-3,5-6H2,1H3,(H,20,21). The lowest BCUT2D eigenvalue weighted by atomic mass is 9.89. The highest BCUT2D eigenvalue weighted by Gasteiger charge is 2.13. The van der Waals surface area contributed by atoms with E-state index in [9.17, 15) is 0 Å². The number of fused-ring (bicyclic) bond motifs is 1. The first kappa shape index (κ1) is 13.6. The van der Waals surface area contributed by atoms with Gasteiger partial charge in [-0.2, -0.15) is 5.26 Å². The van der Waals surface area contributed by atoms with Gasteiger partial charge in [-0.1, -0.05) is 18.2 Å². The Morgan fingerprint density at radius 2 is 2.00 bits per heavy atom. The van der Waals surface area contributed by atoms with Crippen molar-refractivity contribution in [1.29, 1.82) is 5.26 Å². The van der Waals surface area contributed by atoms with E-state index < -0.39 is 0 Å². The molecule has 1 unspecified atom stereocenters. The molecule has 106 valence electrons. The van der Waals surface area contributed by atoms with Gasteiger partial charge in [0.15, 0.2) is 0 Å². The lowest BCUT2D eigenvalue weighted by molar-refractivity contribution is 0.683. The first-order valence-corrected chi connectivity index (χ1v) is 7.51. The van der Waals surface area contributed by atoms with Gasteiger partial charge in [-0.25, -0.2) is 4.98 Å². The van der Waals surface area contributed by atoms with Crippen LogP contribution in [0.15, 0.2) is 36.5 Å². The van der Waals surface area contributed by atoms with Crippen LogP contribution in [0.3, 0.4) is 0 Å². The quantitative estimate of drug-likeness (QED) is 0.922. The summed E-state index contributed by atoms with van der Waals surface area (Å²) in [7, 11) is 0. The molecule has 1 heterocycles. The highest BCUT2D eigenvalue weighted by atomic mass is 15.0. The molecule has 0 amide bonds. The fourth-order valence-corrected chi connectivity index (χ4v) is 2.92. The van der Waals surface area contributed by atoms with Crippen molar-refractivity contribution in [3.05, 3.63) is 58.8 Å². The van der Waals surface area contributed by atoms with E-state index >= 15 is 0 Å². The minimum atomic E-state index is 0.138. The van der Waals surface area contributed by atoms with Crippen molar-refractivity contribution < 1.29 is 0 Å². The molecule has 0 bridgehead atoms. The van der Waals surface area contributed by atoms with Gasteiger partial charge in [-0.05, 0) is 61.4 Å². The number of anilines is 1. The Morgan fingerprint density at radius 3 is 2.81 bits per heavy atom. The minimum Gasteiger partial charge on any atom is -0.362 e. The highest BCUT2D eigenvalue weighted by molar-refractivity contribution is 5.52. The number of nitrogens with zero attached hydrogens (tertiary/aromatic N) is 2. The van der Waals surface area contributed by atoms with E-state index in [4.69, 9.17) is 5.26 Å². The summed E-state index contributed by atoms with van der Waals surface area (Å²) in [4.78, 5) is 4.27. The van der Waals surface area contributed by atoms with Gasteiger partial charge in [0.25, 0.3) is 0 Å². The zero-order valence-electron chi connectivity index (χ0n) is 12.3. The maximum Gasteiger partial charge on any atom is 0.144 e. The van der Waals surface area contributed by atoms with Crippen LogP contribution in [0.2, 0.25) is 0 Å². The van der Waals surface area contributed by atoms with Crippen LogP contribution in [0, 0.1) is 11.3 Å². The zero-order valence-corrected chi connectivity index (χ0v) is 12.3. The Hall–Kier alpha value is -2.34. The third kappa shape index (κ3) is 2.90. The van der Waals surface area contributed by atoms with Crippen LogP contribution in [0.5, 0.6) is 0 Å². The average Bonchev–Trinajstić information content (AvgIpc) is 2.55. The van der Waals surface area contributed by atoms with Crippen LogP contribution in [-0.2, 0) is 12.8 Å². The van der Waals surface area contributed by atoms with E-state index in [2.05, 4.69) is 41.5 Å². The second-order valence-corrected chi connectivity index (χ2v) is 5.61. The Bertz CT molecular complexity index is 685. The molecule has 1 aliphatic rings. The zero-order chi connectivity index (χ0) is 14.7. The van der Waals surface area contributed by atoms with Crippen molar-refractivity contribution in [3.8, 4) is 6.07 Å². The van der Waals surface area contributed by atoms with Crippen LogP contribution >= 0.6 is 0 Å². The molecule has 1 atom stereocenters. The predicted molar refractivity (Wildman–Crippen MR) is 84.1 cm³/mol. The number of nitrogens with one attached hydrogen (secondary N) is 1. The van der Waals surface area contributed by atoms with Gasteiger partial charge in [0.1, 0.15) is 11.9 Å². The van der Waals surface area contributed by atoms with Gasteiger partial charge in [0, 0.05) is 12.2 Å². The van der Waals surface area contributed by atoms with Crippen molar-refractivity contribution in [2.75, 3.05) is 5.32 Å². The van der Waals surface area contributed by atoms with Crippen molar-refractivity contribution >= 4 is 5.82 Å². The van der Waals surface area contributed by atoms with Crippen molar-refractivity contribution in [3.63, 3.8) is 0 Å². The first-order valence-electron chi connectivity index (χ1n) is 7.51. The molecule has 0 aliphatic heterocycles. The molecule has 3 heteroatoms. The Labute approximate surface area is 125 Å². The molecule has 0 saturated carbocycles. The molecule has 0 fully saturated rings. The predicted octanol–water partition coefficient (Wildman–Crippen LogP) is 4.01. The van der Waals surface area contributed by atoms with E-state index in [1.54, 1.807) is 18.3 Å². The van der Waals surface area contributed by atoms with Gasteiger partial charge in [0.05, 0.1) is 5.56 Å². The fraction of sp³-hybridized carbons (Fsp3) is 0.333. The number of nitriles is 1. The van der Waals surface area contributed by atoms with Gasteiger partial charge in [-0.15, -0.1) is 0 Å². The average molecular weight is 277 g/mol. The molecule has 1 aromatic carbocycles. The Kier molecular flexibility index (Phi) is 3.87. The molecule has 1 aromatic heterocycles. The lowest BCUT2D eigenvalue weighted by Crippen LogP contribution is -2.11. The van der Waals surface area contributed by atoms with Crippen LogP contribution in [0.25, 0.3) is 0 Å². The van der Waals surface area contributed by atoms with Crippen molar-refractivity contribution in [2.24, 2.45) is 0 Å². The summed E-state index contributed by atoms with van der Waals surface area (Å²) in [5, 5.41) is 12.5. The highest BCUT2D eigenvalue weighted by Crippen LogP contribution is 2.26. The van der Waals surface area contributed by atoms with E-state index in [1.807, 2.05) is 0 Å². The Balaban J connectivity index is 1.82. The molecule has 3 rings (SSSR count). The molecule has 21 heavy (non-hydrogen) atoms. The number of pyridine rings is 1. The topological polar surface area (TPSA) is 48.7 Å². The van der Waals surface area contributed by atoms with Gasteiger partial charge in [0.2, 0.25) is 0 Å². The fourth-order valence-electron chi connectivity index (χ4n) is 2.92. The number of aromatic nitrogens is 1. The van der Waals surface area contributed by atoms with Crippen LogP contribution in [0.4, 0.5) is 5.82 Å². The third-order valence-corrected chi connectivity index (χ3v) is 4.15. The molecule has 1 N–H and O–H groups in total. The summed E-state index contributed by atoms with van der Waals surface area (Å²) < 4.78 is 0. The lowest BCUT2D eigenvalue weighted by Gasteiger charge is -2.20. The summed E-state index contributed by atoms with van der Waals surface area (Å²) in [6, 6.07) is 12.6. The van der Waals surface area contributed by atoms with E-state index in [0.29, 0.717) is 11.4 Å². The van der Waals surface area contributed by atoms with Gasteiger partial charge < -0.3 is 5.32 Å². The number of hydrogen-bond acceptors (Lipinski definition) is 3. The second-order valence-electron chi connectivity index (χ2n) is 5.61. The smallest absolute Gasteiger partial charge is 0.144 e. The number of rotatable bonds is 3. The molecule has 0 spiro atoms. The maximum atomic E-state index is 9.13. The molecule has 1 aliphatic carbocycles. The van der Waals surface area contributed by atoms with Gasteiger partial charge in [-0.3, -0.25) is 0 Å². The number of benzene rings is 1. The van der Waals surface area contributed by atoms with E-state index in [-0.39, 0.29) is 6.04 Å². The number of aryl methyl sites for hydroxylation is 2. The van der Waals surface area contributed by atoms with Crippen LogP contribution in [-0.4, -0.2) is 4.98 Å². The number of hydrogen-bond donors (Lipinski definition) is 1. The first-order chi connectivity index (χ1) is 10.3. The third-order valence-electron chi connectivity index (χ3n) is 4.15. The van der Waals surface area contributed by atoms with Crippen LogP contribution in [0.1, 0.15) is 48.1 Å². The van der Waals surface area contributed by atoms with Crippen molar-refractivity contribution in [1.82, 2.24) is 4.98 Å². The SMILES string of the molecule is CC(Nc1ncccc1C#N)c1ccc2c(c1)CCCC2. The summed E-state index contributed by atoms with van der Waals surface area (Å²) in [6.45, 7) is 2.11. The second kappa shape index (κ2) is 5.97. The maximum absolute atomic E-state index is 9.13. The summed E-state index contributed by atoms with van der Waals surface area (Å²) in [5.74, 6) is 0.658. The van der Waals surface area contributed by atoms with E-state index in [1.165, 1.54) is 42.4 Å². The largest absolute Gasteiger partial charge is 0.362 e. The normalized spacial score (nSPS) is 14.9. The molecule has 0 saturated heterocycles. The summed E-state index contributed by atoms with van der Waals surface area (Å²) >= 11 is 0. The molecule has 2 aromatic rings. The Morgan fingerprint density at radius 1 is 1.19 bits per heavy atom. The monoisotopic (exact) mass is 277 g/mol. The molecular formula is C18H19N3. The summed E-state index contributed by atoms with van der Waals surface area (Å²) in [6.07, 6.45) is 6.69. The molecule has 3 nitrogen and oxygen atoms in total. The minimum absolute atomic E-state index is 0.138. The molecular weight excluding hydrogens is 258 g/mol. The van der Waals surface area contributed by atoms with Gasteiger partial charge >= 0.3 is 0 Å². The van der Waals surface area contributed by atoms with Crippen molar-refractivity contribution in [2.45, 2.75) is 38.6 Å². The summed E-state index contributed by atoms with van der Waals surface area (Å²) in [5.41, 5.74) is 4.81.